The number of anilines is 1. The van der Waals surface area contributed by atoms with Gasteiger partial charge in [0.05, 0.1) is 28.1 Å². The average Bonchev–Trinajstić information content (AvgIpc) is 3.46. The van der Waals surface area contributed by atoms with Crippen molar-refractivity contribution in [2.75, 3.05) is 11.4 Å². The number of rotatable bonds is 7. The lowest BCUT2D eigenvalue weighted by Gasteiger charge is -2.15. The monoisotopic (exact) mass is 630 g/mol. The Balaban J connectivity index is 1.54. The molecule has 41 heavy (non-hydrogen) atoms. The van der Waals surface area contributed by atoms with Gasteiger partial charge in [0.1, 0.15) is 0 Å². The molecule has 1 aliphatic heterocycles. The maximum atomic E-state index is 13.3. The Bertz CT molecular complexity index is 1530. The van der Waals surface area contributed by atoms with E-state index < -0.39 is 41.3 Å². The molecule has 0 bridgehead atoms. The molecule has 3 aromatic rings. The Labute approximate surface area is 241 Å². The minimum Gasteiger partial charge on any atom is -0.481 e. The van der Waals surface area contributed by atoms with Crippen molar-refractivity contribution in [3.8, 4) is 11.1 Å². The number of hydrogen-bond acceptors (Lipinski definition) is 6. The van der Waals surface area contributed by atoms with E-state index in [9.17, 15) is 40.7 Å². The van der Waals surface area contributed by atoms with Gasteiger partial charge in [0, 0.05) is 17.0 Å². The van der Waals surface area contributed by atoms with Crippen molar-refractivity contribution in [1.82, 2.24) is 5.32 Å². The van der Waals surface area contributed by atoms with E-state index in [1.165, 1.54) is 46.7 Å². The lowest BCUT2D eigenvalue weighted by molar-refractivity contribution is -0.143. The van der Waals surface area contributed by atoms with Gasteiger partial charge in [-0.3, -0.25) is 19.3 Å². The number of carboxylic acid groups (broad SMARTS) is 1. The van der Waals surface area contributed by atoms with E-state index in [1.807, 2.05) is 0 Å². The summed E-state index contributed by atoms with van der Waals surface area (Å²) >= 11 is 7.30. The summed E-state index contributed by atoms with van der Waals surface area (Å²) in [6.07, 6.45) is -8.76. The Hall–Kier alpha value is -3.69. The summed E-state index contributed by atoms with van der Waals surface area (Å²) in [4.78, 5) is 37.6. The predicted octanol–water partition coefficient (Wildman–Crippen LogP) is 7.06. The number of nitrogens with one attached hydrogen (secondary N) is 1. The molecule has 0 aliphatic carbocycles. The molecule has 2 heterocycles. The summed E-state index contributed by atoms with van der Waals surface area (Å²) in [6, 6.07) is 8.54. The molecule has 1 aliphatic rings. The zero-order valence-electron chi connectivity index (χ0n) is 20.3. The zero-order chi connectivity index (χ0) is 30.1. The molecule has 2 amide bonds. The van der Waals surface area contributed by atoms with Gasteiger partial charge in [0.15, 0.2) is 4.32 Å². The lowest BCUT2D eigenvalue weighted by atomic mass is 10.0. The number of alkyl halides is 6. The molecule has 2 N–H and O–H groups in total. The second-order valence-electron chi connectivity index (χ2n) is 8.50. The summed E-state index contributed by atoms with van der Waals surface area (Å²) in [5.41, 5.74) is -2.43. The minimum atomic E-state index is -4.98. The molecule has 15 heteroatoms. The number of halogens is 6. The topological polar surface area (TPSA) is 86.7 Å². The molecule has 1 aromatic heterocycles. The van der Waals surface area contributed by atoms with Crippen LogP contribution in [-0.4, -0.2) is 33.8 Å². The fourth-order valence-electron chi connectivity index (χ4n) is 3.67. The van der Waals surface area contributed by atoms with Crippen molar-refractivity contribution in [2.45, 2.75) is 18.8 Å². The Morgan fingerprint density at radius 1 is 0.951 bits per heavy atom. The highest BCUT2D eigenvalue weighted by Gasteiger charge is 2.37. The van der Waals surface area contributed by atoms with Crippen LogP contribution in [0.1, 0.15) is 32.8 Å². The molecular weight excluding hydrogens is 614 g/mol. The van der Waals surface area contributed by atoms with Crippen LogP contribution >= 0.6 is 35.3 Å². The van der Waals surface area contributed by atoms with Gasteiger partial charge in [-0.1, -0.05) is 24.0 Å². The Kier molecular flexibility index (Phi) is 8.61. The summed E-state index contributed by atoms with van der Waals surface area (Å²) < 4.78 is 79.7. The first-order valence-electron chi connectivity index (χ1n) is 11.4. The average molecular weight is 631 g/mol. The first-order chi connectivity index (χ1) is 19.1. The Morgan fingerprint density at radius 3 is 2.12 bits per heavy atom. The third-order valence-electron chi connectivity index (χ3n) is 5.62. The first kappa shape index (κ1) is 30.3. The number of carbonyl (C=O) groups excluding carboxylic acids is 2. The summed E-state index contributed by atoms with van der Waals surface area (Å²) in [5.74, 6) is -2.07. The van der Waals surface area contributed by atoms with E-state index in [1.54, 1.807) is 0 Å². The quantitative estimate of drug-likeness (QED) is 0.165. The molecule has 0 spiro atoms. The number of carboxylic acids is 1. The number of thiocarbonyl (C=S) groups is 1. The van der Waals surface area contributed by atoms with Crippen molar-refractivity contribution in [1.29, 1.82) is 0 Å². The van der Waals surface area contributed by atoms with Crippen LogP contribution in [0.5, 0.6) is 0 Å². The van der Waals surface area contributed by atoms with E-state index in [0.29, 0.717) is 22.7 Å². The molecule has 6 nitrogen and oxygen atoms in total. The first-order valence-corrected chi connectivity index (χ1v) is 13.5. The largest absolute Gasteiger partial charge is 0.481 e. The highest BCUT2D eigenvalue weighted by molar-refractivity contribution is 8.27. The second kappa shape index (κ2) is 11.7. The smallest absolute Gasteiger partial charge is 0.416 e. The number of thioether (sulfide) groups is 1. The normalized spacial score (nSPS) is 15.1. The maximum Gasteiger partial charge on any atom is 0.416 e. The van der Waals surface area contributed by atoms with Crippen molar-refractivity contribution in [2.24, 2.45) is 0 Å². The van der Waals surface area contributed by atoms with Gasteiger partial charge in [-0.15, -0.1) is 11.3 Å². The molecule has 4 rings (SSSR count). The molecule has 0 unspecified atom stereocenters. The fourth-order valence-corrected chi connectivity index (χ4v) is 5.88. The maximum absolute atomic E-state index is 13.3. The number of amides is 2. The van der Waals surface area contributed by atoms with Gasteiger partial charge in [0.2, 0.25) is 0 Å². The van der Waals surface area contributed by atoms with E-state index in [4.69, 9.17) is 17.3 Å². The third-order valence-corrected chi connectivity index (χ3v) is 7.80. The summed E-state index contributed by atoms with van der Waals surface area (Å²) in [7, 11) is 0. The highest BCUT2D eigenvalue weighted by Crippen LogP contribution is 2.41. The van der Waals surface area contributed by atoms with Crippen LogP contribution < -0.4 is 10.2 Å². The SMILES string of the molecule is O=C(O)CCNC(=O)c1ccc(N2C(=O)C(=Cc3cc(-c4cc(C(F)(F)F)cc(C(F)(F)F)c4)cs3)SC2=S)cc1. The lowest BCUT2D eigenvalue weighted by Crippen LogP contribution is -2.28. The number of benzene rings is 2. The van der Waals surface area contributed by atoms with Crippen LogP contribution in [0.2, 0.25) is 0 Å². The molecular formula is C26H16F6N2O4S3. The van der Waals surface area contributed by atoms with Gasteiger partial charge < -0.3 is 10.4 Å². The van der Waals surface area contributed by atoms with E-state index in [0.717, 1.165) is 23.1 Å². The molecule has 1 fully saturated rings. The van der Waals surface area contributed by atoms with E-state index >= 15 is 0 Å². The third kappa shape index (κ3) is 7.15. The zero-order valence-corrected chi connectivity index (χ0v) is 22.7. The van der Waals surface area contributed by atoms with Crippen molar-refractivity contribution >= 4 is 69.2 Å². The minimum absolute atomic E-state index is 0.0561. The molecule has 0 radical (unpaired) electrons. The van der Waals surface area contributed by atoms with Crippen LogP contribution in [0.15, 0.2) is 58.8 Å². The molecule has 2 aromatic carbocycles. The van der Waals surface area contributed by atoms with Crippen LogP contribution in [0.4, 0.5) is 32.0 Å². The number of nitrogens with zero attached hydrogens (tertiary/aromatic N) is 1. The number of carbonyl (C=O) groups is 3. The fraction of sp³-hybridized carbons (Fsp3) is 0.154. The van der Waals surface area contributed by atoms with Crippen molar-refractivity contribution in [3.05, 3.63) is 80.4 Å². The standard InChI is InChI=1S/C26H16F6N2O4S3/c27-25(28,29)16-7-14(8-17(10-16)26(30,31)32)15-9-19(40-12-15)11-20-23(38)34(24(39)41-20)18-3-1-13(2-4-18)22(37)33-6-5-21(35)36/h1-4,7-12H,5-6H2,(H,33,37)(H,35,36). The van der Waals surface area contributed by atoms with Gasteiger partial charge in [-0.05, 0) is 71.1 Å². The van der Waals surface area contributed by atoms with E-state index in [2.05, 4.69) is 5.32 Å². The van der Waals surface area contributed by atoms with Crippen molar-refractivity contribution in [3.63, 3.8) is 0 Å². The molecule has 214 valence electrons. The van der Waals surface area contributed by atoms with Crippen LogP contribution in [0.3, 0.4) is 0 Å². The summed E-state index contributed by atoms with van der Waals surface area (Å²) in [6.45, 7) is -0.0584. The van der Waals surface area contributed by atoms with Crippen molar-refractivity contribution < 1.29 is 45.8 Å². The van der Waals surface area contributed by atoms with Crippen LogP contribution in [0.25, 0.3) is 17.2 Å². The predicted molar refractivity (Wildman–Crippen MR) is 146 cm³/mol. The number of thiophene rings is 1. The van der Waals surface area contributed by atoms with Gasteiger partial charge in [-0.25, -0.2) is 0 Å². The molecule has 0 saturated carbocycles. The number of hydrogen-bond donors (Lipinski definition) is 2. The van der Waals surface area contributed by atoms with Gasteiger partial charge >= 0.3 is 18.3 Å². The van der Waals surface area contributed by atoms with Crippen LogP contribution in [-0.2, 0) is 21.9 Å². The Morgan fingerprint density at radius 2 is 1.56 bits per heavy atom. The summed E-state index contributed by atoms with van der Waals surface area (Å²) in [5, 5.41) is 12.5. The van der Waals surface area contributed by atoms with Gasteiger partial charge in [0.25, 0.3) is 11.8 Å². The highest BCUT2D eigenvalue weighted by atomic mass is 32.2. The molecule has 1 saturated heterocycles. The van der Waals surface area contributed by atoms with Gasteiger partial charge in [-0.2, -0.15) is 26.3 Å². The second-order valence-corrected chi connectivity index (χ2v) is 11.1. The number of aliphatic carboxylic acids is 1. The molecule has 0 atom stereocenters. The van der Waals surface area contributed by atoms with Crippen LogP contribution in [0, 0.1) is 0 Å². The van der Waals surface area contributed by atoms with E-state index in [-0.39, 0.29) is 44.9 Å².